The summed E-state index contributed by atoms with van der Waals surface area (Å²) in [5.74, 6) is 0.110. The number of aromatic nitrogens is 1. The number of nitrogens with one attached hydrogen (secondary N) is 1. The van der Waals surface area contributed by atoms with Gasteiger partial charge in [-0.15, -0.1) is 0 Å². The van der Waals surface area contributed by atoms with Crippen LogP contribution in [0.2, 0.25) is 0 Å². The Morgan fingerprint density at radius 3 is 2.68 bits per heavy atom. The molecule has 0 atom stereocenters. The van der Waals surface area contributed by atoms with Crippen LogP contribution in [0.1, 0.15) is 27.2 Å². The fraction of sp³-hybridized carbons (Fsp3) is 0.250. The van der Waals surface area contributed by atoms with Crippen molar-refractivity contribution in [1.82, 2.24) is 10.3 Å². The molecule has 2 rings (SSSR count). The lowest BCUT2D eigenvalue weighted by Crippen LogP contribution is -2.23. The van der Waals surface area contributed by atoms with Crippen LogP contribution in [0.15, 0.2) is 42.6 Å². The largest absolute Gasteiger partial charge is 0.304 e. The first kappa shape index (κ1) is 13.4. The van der Waals surface area contributed by atoms with Gasteiger partial charge in [0.2, 0.25) is 0 Å². The summed E-state index contributed by atoms with van der Waals surface area (Å²) in [7, 11) is 0. The summed E-state index contributed by atoms with van der Waals surface area (Å²) in [6.07, 6.45) is 1.75. The molecule has 2 aromatic rings. The quantitative estimate of drug-likeness (QED) is 0.834. The lowest BCUT2D eigenvalue weighted by atomic mass is 10.0. The molecule has 0 saturated carbocycles. The molecular formula is C16H18N2O. The molecule has 3 heteroatoms. The Labute approximate surface area is 113 Å². The van der Waals surface area contributed by atoms with Crippen molar-refractivity contribution in [1.29, 1.82) is 0 Å². The third kappa shape index (κ3) is 3.73. The molecule has 0 spiro atoms. The van der Waals surface area contributed by atoms with Gasteiger partial charge >= 0.3 is 0 Å². The zero-order valence-electron chi connectivity index (χ0n) is 11.3. The van der Waals surface area contributed by atoms with Gasteiger partial charge in [0.25, 0.3) is 0 Å². The van der Waals surface area contributed by atoms with Crippen LogP contribution in [-0.2, 0) is 6.54 Å². The second kappa shape index (κ2) is 6.25. The van der Waals surface area contributed by atoms with E-state index in [1.54, 1.807) is 6.20 Å². The van der Waals surface area contributed by atoms with Gasteiger partial charge in [0.15, 0.2) is 5.78 Å². The first-order chi connectivity index (χ1) is 9.16. The summed E-state index contributed by atoms with van der Waals surface area (Å²) in [5, 5.41) is 3.12. The van der Waals surface area contributed by atoms with Crippen molar-refractivity contribution in [2.24, 2.45) is 0 Å². The normalized spacial score (nSPS) is 10.4. The summed E-state index contributed by atoms with van der Waals surface area (Å²) in [6, 6.07) is 11.6. The molecule has 1 heterocycles. The molecule has 0 radical (unpaired) electrons. The van der Waals surface area contributed by atoms with Crippen LogP contribution in [-0.4, -0.2) is 17.3 Å². The highest BCUT2D eigenvalue weighted by Gasteiger charge is 2.06. The summed E-state index contributed by atoms with van der Waals surface area (Å²) in [5.41, 5.74) is 4.06. The third-order valence-electron chi connectivity index (χ3n) is 3.15. The van der Waals surface area contributed by atoms with Crippen molar-refractivity contribution in [3.05, 3.63) is 65.0 Å². The minimum Gasteiger partial charge on any atom is -0.304 e. The first-order valence-electron chi connectivity index (χ1n) is 6.38. The van der Waals surface area contributed by atoms with Gasteiger partial charge in [-0.3, -0.25) is 9.78 Å². The number of Topliss-reactive ketones (excluding diaryl/α,β-unsaturated/α-hetero) is 1. The highest BCUT2D eigenvalue weighted by Crippen LogP contribution is 2.10. The molecular weight excluding hydrogens is 236 g/mol. The van der Waals surface area contributed by atoms with Gasteiger partial charge < -0.3 is 5.32 Å². The number of carbonyl (C=O) groups excluding carboxylic acids is 1. The molecule has 0 amide bonds. The van der Waals surface area contributed by atoms with Gasteiger partial charge in [-0.1, -0.05) is 18.2 Å². The average Bonchev–Trinajstić information content (AvgIpc) is 2.43. The van der Waals surface area contributed by atoms with Crippen LogP contribution in [0.25, 0.3) is 0 Å². The number of hydrogen-bond acceptors (Lipinski definition) is 3. The number of pyridine rings is 1. The lowest BCUT2D eigenvalue weighted by Gasteiger charge is -2.06. The molecule has 0 aliphatic heterocycles. The number of ketones is 1. The zero-order chi connectivity index (χ0) is 13.7. The minimum atomic E-state index is 0.110. The maximum absolute atomic E-state index is 12.0. The second-order valence-corrected chi connectivity index (χ2v) is 4.65. The van der Waals surface area contributed by atoms with Crippen molar-refractivity contribution >= 4 is 5.78 Å². The number of carbonyl (C=O) groups is 1. The summed E-state index contributed by atoms with van der Waals surface area (Å²) in [6.45, 7) is 5.01. The number of hydrogen-bond donors (Lipinski definition) is 1. The Kier molecular flexibility index (Phi) is 4.42. The van der Waals surface area contributed by atoms with Crippen LogP contribution in [0, 0.1) is 13.8 Å². The summed E-state index contributed by atoms with van der Waals surface area (Å²) < 4.78 is 0. The predicted molar refractivity (Wildman–Crippen MR) is 76.2 cm³/mol. The van der Waals surface area contributed by atoms with Crippen LogP contribution in [0.4, 0.5) is 0 Å². The Morgan fingerprint density at radius 2 is 2.00 bits per heavy atom. The zero-order valence-corrected chi connectivity index (χ0v) is 11.3. The number of benzene rings is 1. The summed E-state index contributed by atoms with van der Waals surface area (Å²) in [4.78, 5) is 16.2. The van der Waals surface area contributed by atoms with E-state index in [0.29, 0.717) is 13.1 Å². The molecule has 19 heavy (non-hydrogen) atoms. The molecule has 0 aliphatic carbocycles. The van der Waals surface area contributed by atoms with E-state index in [-0.39, 0.29) is 5.78 Å². The number of nitrogens with zero attached hydrogens (tertiary/aromatic N) is 1. The summed E-state index contributed by atoms with van der Waals surface area (Å²) >= 11 is 0. The van der Waals surface area contributed by atoms with Crippen molar-refractivity contribution < 1.29 is 4.79 Å². The lowest BCUT2D eigenvalue weighted by molar-refractivity contribution is 0.0990. The molecule has 0 saturated heterocycles. The van der Waals surface area contributed by atoms with Crippen LogP contribution < -0.4 is 5.32 Å². The smallest absolute Gasteiger partial charge is 0.176 e. The average molecular weight is 254 g/mol. The van der Waals surface area contributed by atoms with E-state index in [0.717, 1.165) is 16.8 Å². The van der Waals surface area contributed by atoms with Gasteiger partial charge in [0.05, 0.1) is 12.2 Å². The monoisotopic (exact) mass is 254 g/mol. The van der Waals surface area contributed by atoms with Gasteiger partial charge in [-0.2, -0.15) is 0 Å². The molecule has 1 N–H and O–H groups in total. The van der Waals surface area contributed by atoms with E-state index in [1.165, 1.54) is 5.56 Å². The highest BCUT2D eigenvalue weighted by atomic mass is 16.1. The fourth-order valence-electron chi connectivity index (χ4n) is 1.82. The third-order valence-corrected chi connectivity index (χ3v) is 3.15. The van der Waals surface area contributed by atoms with Gasteiger partial charge in [0.1, 0.15) is 0 Å². The highest BCUT2D eigenvalue weighted by molar-refractivity contribution is 5.97. The Bertz CT molecular complexity index is 564. The minimum absolute atomic E-state index is 0.110. The van der Waals surface area contributed by atoms with E-state index in [2.05, 4.69) is 10.3 Å². The molecule has 3 nitrogen and oxygen atoms in total. The number of aryl methyl sites for hydroxylation is 2. The predicted octanol–water partition coefficient (Wildman–Crippen LogP) is 2.67. The van der Waals surface area contributed by atoms with Crippen LogP contribution >= 0.6 is 0 Å². The molecule has 1 aromatic carbocycles. The van der Waals surface area contributed by atoms with Crippen LogP contribution in [0.3, 0.4) is 0 Å². The maximum atomic E-state index is 12.0. The Morgan fingerprint density at radius 1 is 1.16 bits per heavy atom. The second-order valence-electron chi connectivity index (χ2n) is 4.65. The van der Waals surface area contributed by atoms with Crippen molar-refractivity contribution in [3.8, 4) is 0 Å². The van der Waals surface area contributed by atoms with Crippen molar-refractivity contribution in [2.45, 2.75) is 20.4 Å². The van der Waals surface area contributed by atoms with E-state index in [9.17, 15) is 4.79 Å². The number of rotatable bonds is 5. The van der Waals surface area contributed by atoms with Crippen molar-refractivity contribution in [2.75, 3.05) is 6.54 Å². The molecule has 0 bridgehead atoms. The van der Waals surface area contributed by atoms with Crippen LogP contribution in [0.5, 0.6) is 0 Å². The molecule has 1 aromatic heterocycles. The SMILES string of the molecule is Cc1ccc(C(=O)CNCc2ccccn2)cc1C. The fourth-order valence-corrected chi connectivity index (χ4v) is 1.82. The van der Waals surface area contributed by atoms with Gasteiger partial charge in [0, 0.05) is 18.3 Å². The molecule has 98 valence electrons. The molecule has 0 unspecified atom stereocenters. The van der Waals surface area contributed by atoms with E-state index >= 15 is 0 Å². The Balaban J connectivity index is 1.89. The topological polar surface area (TPSA) is 42.0 Å². The van der Waals surface area contributed by atoms with Gasteiger partial charge in [-0.25, -0.2) is 0 Å². The standard InChI is InChI=1S/C16H18N2O/c1-12-6-7-14(9-13(12)2)16(19)11-17-10-15-5-3-4-8-18-15/h3-9,17H,10-11H2,1-2H3. The van der Waals surface area contributed by atoms with E-state index in [4.69, 9.17) is 0 Å². The maximum Gasteiger partial charge on any atom is 0.176 e. The Hall–Kier alpha value is -2.00. The van der Waals surface area contributed by atoms with E-state index < -0.39 is 0 Å². The van der Waals surface area contributed by atoms with Gasteiger partial charge in [-0.05, 0) is 43.2 Å². The van der Waals surface area contributed by atoms with Crippen molar-refractivity contribution in [3.63, 3.8) is 0 Å². The molecule has 0 aliphatic rings. The van der Waals surface area contributed by atoms with E-state index in [1.807, 2.05) is 50.2 Å². The molecule has 0 fully saturated rings. The first-order valence-corrected chi connectivity index (χ1v) is 6.38.